The molecule has 0 unspecified atom stereocenters. The summed E-state index contributed by atoms with van der Waals surface area (Å²) in [6.07, 6.45) is 1.31. The van der Waals surface area contributed by atoms with Crippen LogP contribution in [0.2, 0.25) is 5.28 Å². The first-order valence-electron chi connectivity index (χ1n) is 4.77. The second-order valence-corrected chi connectivity index (χ2v) is 4.05. The molecule has 2 rings (SSSR count). The Morgan fingerprint density at radius 3 is 2.81 bits per heavy atom. The van der Waals surface area contributed by atoms with Crippen LogP contribution >= 0.6 is 11.6 Å². The molecule has 0 bridgehead atoms. The molecule has 6 heteroatoms. The molecule has 5 nitrogen and oxygen atoms in total. The van der Waals surface area contributed by atoms with Gasteiger partial charge in [0.2, 0.25) is 5.28 Å². The second kappa shape index (κ2) is 3.75. The molecule has 0 aliphatic heterocycles. The summed E-state index contributed by atoms with van der Waals surface area (Å²) in [4.78, 5) is 18.9. The molecule has 0 aromatic carbocycles. The zero-order valence-electron chi connectivity index (χ0n) is 8.81. The van der Waals surface area contributed by atoms with E-state index in [2.05, 4.69) is 9.97 Å². The van der Waals surface area contributed by atoms with Crippen molar-refractivity contribution in [3.05, 3.63) is 23.1 Å². The number of carbonyl (C=O) groups is 1. The number of aromatic nitrogens is 3. The van der Waals surface area contributed by atoms with Crippen LogP contribution in [-0.4, -0.2) is 25.6 Å². The van der Waals surface area contributed by atoms with Gasteiger partial charge < -0.3 is 5.11 Å². The Balaban J connectivity index is 2.70. The van der Waals surface area contributed by atoms with Crippen molar-refractivity contribution < 1.29 is 9.90 Å². The summed E-state index contributed by atoms with van der Waals surface area (Å²) in [6.45, 7) is 3.92. The summed E-state index contributed by atoms with van der Waals surface area (Å²) in [5.41, 5.74) is 1.21. The lowest BCUT2D eigenvalue weighted by molar-refractivity contribution is 0.0696. The van der Waals surface area contributed by atoms with E-state index in [0.717, 1.165) is 0 Å². The minimum atomic E-state index is -1.02. The van der Waals surface area contributed by atoms with Gasteiger partial charge >= 0.3 is 5.97 Å². The van der Waals surface area contributed by atoms with E-state index < -0.39 is 5.97 Å². The molecule has 0 amide bonds. The number of carboxylic acid groups (broad SMARTS) is 1. The summed E-state index contributed by atoms with van der Waals surface area (Å²) >= 11 is 5.96. The highest BCUT2D eigenvalue weighted by molar-refractivity contribution is 6.29. The topological polar surface area (TPSA) is 68.0 Å². The smallest absolute Gasteiger partial charge is 0.337 e. The quantitative estimate of drug-likeness (QED) is 0.874. The molecule has 0 atom stereocenters. The fourth-order valence-electron chi connectivity index (χ4n) is 1.53. The third-order valence-corrected chi connectivity index (χ3v) is 2.52. The van der Waals surface area contributed by atoms with Gasteiger partial charge in [-0.3, -0.25) is 4.57 Å². The highest BCUT2D eigenvalue weighted by Crippen LogP contribution is 2.23. The minimum absolute atomic E-state index is 0.109. The Morgan fingerprint density at radius 1 is 1.56 bits per heavy atom. The normalized spacial score (nSPS) is 11.2. The molecule has 2 aromatic rings. The molecule has 2 aromatic heterocycles. The van der Waals surface area contributed by atoms with Crippen LogP contribution < -0.4 is 0 Å². The van der Waals surface area contributed by atoms with Gasteiger partial charge in [0.25, 0.3) is 0 Å². The maximum atomic E-state index is 10.8. The van der Waals surface area contributed by atoms with Gasteiger partial charge in [-0.15, -0.1) is 0 Å². The van der Waals surface area contributed by atoms with Crippen LogP contribution in [0.15, 0.2) is 12.3 Å². The minimum Gasteiger partial charge on any atom is -0.478 e. The summed E-state index contributed by atoms with van der Waals surface area (Å²) in [7, 11) is 0. The number of imidazole rings is 1. The Bertz CT molecular complexity index is 562. The summed E-state index contributed by atoms with van der Waals surface area (Å²) in [6, 6.07) is 1.59. The average Bonchev–Trinajstić information content (AvgIpc) is 2.51. The maximum absolute atomic E-state index is 10.8. The number of carboxylic acids is 1. The van der Waals surface area contributed by atoms with Crippen LogP contribution in [0.25, 0.3) is 11.2 Å². The van der Waals surface area contributed by atoms with Crippen LogP contribution in [0.3, 0.4) is 0 Å². The summed E-state index contributed by atoms with van der Waals surface area (Å²) in [5, 5.41) is 9.14. The molecule has 84 valence electrons. The van der Waals surface area contributed by atoms with E-state index in [1.807, 2.05) is 13.8 Å². The van der Waals surface area contributed by atoms with Crippen molar-refractivity contribution in [1.29, 1.82) is 0 Å². The molecule has 0 aliphatic carbocycles. The number of rotatable bonds is 2. The van der Waals surface area contributed by atoms with E-state index in [4.69, 9.17) is 16.7 Å². The van der Waals surface area contributed by atoms with Crippen molar-refractivity contribution in [3.63, 3.8) is 0 Å². The van der Waals surface area contributed by atoms with Gasteiger partial charge in [-0.05, 0) is 31.5 Å². The number of fused-ring (bicyclic) bond motifs is 1. The first-order chi connectivity index (χ1) is 7.50. The van der Waals surface area contributed by atoms with Gasteiger partial charge in [-0.1, -0.05) is 0 Å². The predicted molar refractivity (Wildman–Crippen MR) is 59.9 cm³/mol. The fraction of sp³-hybridized carbons (Fsp3) is 0.300. The molecule has 1 N–H and O–H groups in total. The van der Waals surface area contributed by atoms with Crippen LogP contribution in [-0.2, 0) is 0 Å². The summed E-state index contributed by atoms with van der Waals surface area (Å²) in [5.74, 6) is -1.02. The lowest BCUT2D eigenvalue weighted by Gasteiger charge is -2.08. The molecule has 0 saturated carbocycles. The van der Waals surface area contributed by atoms with Crippen molar-refractivity contribution in [1.82, 2.24) is 14.5 Å². The van der Waals surface area contributed by atoms with Crippen LogP contribution in [0.1, 0.15) is 30.2 Å². The average molecular weight is 240 g/mol. The third kappa shape index (κ3) is 1.63. The number of nitrogens with zero attached hydrogens (tertiary/aromatic N) is 3. The highest BCUT2D eigenvalue weighted by Gasteiger charge is 2.14. The highest BCUT2D eigenvalue weighted by atomic mass is 35.5. The van der Waals surface area contributed by atoms with Crippen molar-refractivity contribution in [2.45, 2.75) is 19.9 Å². The molecule has 0 radical (unpaired) electrons. The fourth-order valence-corrected chi connectivity index (χ4v) is 1.90. The zero-order chi connectivity index (χ0) is 11.9. The van der Waals surface area contributed by atoms with Gasteiger partial charge in [0.15, 0.2) is 5.65 Å². The van der Waals surface area contributed by atoms with Gasteiger partial charge in [-0.25, -0.2) is 14.8 Å². The van der Waals surface area contributed by atoms with Gasteiger partial charge in [0.1, 0.15) is 5.52 Å². The molecule has 0 fully saturated rings. The Labute approximate surface area is 96.7 Å². The number of hydrogen-bond acceptors (Lipinski definition) is 3. The number of pyridine rings is 1. The maximum Gasteiger partial charge on any atom is 0.337 e. The Morgan fingerprint density at radius 2 is 2.25 bits per heavy atom. The largest absolute Gasteiger partial charge is 0.478 e. The van der Waals surface area contributed by atoms with Crippen molar-refractivity contribution in [2.24, 2.45) is 0 Å². The second-order valence-electron chi connectivity index (χ2n) is 3.72. The predicted octanol–water partition coefficient (Wildman–Crippen LogP) is 2.36. The SMILES string of the molecule is CC(C)n1c(Cl)nc2cc(C(=O)O)cnc21. The molecular formula is C10H10ClN3O2. The molecular weight excluding hydrogens is 230 g/mol. The van der Waals surface area contributed by atoms with Crippen molar-refractivity contribution in [2.75, 3.05) is 0 Å². The lowest BCUT2D eigenvalue weighted by atomic mass is 10.3. The number of hydrogen-bond donors (Lipinski definition) is 1. The standard InChI is InChI=1S/C10H10ClN3O2/c1-5(2)14-8-7(13-10(14)11)3-6(4-12-8)9(15)16/h3-5H,1-2H3,(H,15,16). The zero-order valence-corrected chi connectivity index (χ0v) is 9.56. The number of halogens is 1. The Hall–Kier alpha value is -1.62. The van der Waals surface area contributed by atoms with E-state index in [-0.39, 0.29) is 11.6 Å². The van der Waals surface area contributed by atoms with E-state index in [1.54, 1.807) is 4.57 Å². The van der Waals surface area contributed by atoms with Crippen molar-refractivity contribution in [3.8, 4) is 0 Å². The summed E-state index contributed by atoms with van der Waals surface area (Å²) < 4.78 is 1.75. The third-order valence-electron chi connectivity index (χ3n) is 2.25. The molecule has 0 aliphatic rings. The van der Waals surface area contributed by atoms with Gasteiger partial charge in [0.05, 0.1) is 5.56 Å². The molecule has 0 saturated heterocycles. The first kappa shape index (κ1) is 10.9. The monoisotopic (exact) mass is 239 g/mol. The van der Waals surface area contributed by atoms with Crippen molar-refractivity contribution >= 4 is 28.7 Å². The van der Waals surface area contributed by atoms with E-state index in [1.165, 1.54) is 12.3 Å². The Kier molecular flexibility index (Phi) is 2.55. The molecule has 0 spiro atoms. The van der Waals surface area contributed by atoms with E-state index in [0.29, 0.717) is 16.4 Å². The van der Waals surface area contributed by atoms with Crippen LogP contribution in [0, 0.1) is 0 Å². The van der Waals surface area contributed by atoms with Gasteiger partial charge in [0, 0.05) is 12.2 Å². The molecule has 2 heterocycles. The van der Waals surface area contributed by atoms with E-state index in [9.17, 15) is 4.79 Å². The first-order valence-corrected chi connectivity index (χ1v) is 5.15. The number of aromatic carboxylic acids is 1. The van der Waals surface area contributed by atoms with Crippen LogP contribution in [0.5, 0.6) is 0 Å². The van der Waals surface area contributed by atoms with Gasteiger partial charge in [-0.2, -0.15) is 0 Å². The molecule has 16 heavy (non-hydrogen) atoms. The van der Waals surface area contributed by atoms with Crippen LogP contribution in [0.4, 0.5) is 0 Å². The lowest BCUT2D eigenvalue weighted by Crippen LogP contribution is -2.02. The van der Waals surface area contributed by atoms with E-state index >= 15 is 0 Å².